The molecule has 1 aliphatic heterocycles. The van der Waals surface area contributed by atoms with Gasteiger partial charge in [-0.15, -0.1) is 12.4 Å². The minimum absolute atomic E-state index is 0. The van der Waals surface area contributed by atoms with Gasteiger partial charge in [-0.3, -0.25) is 4.79 Å². The number of amides is 1. The Morgan fingerprint density at radius 3 is 2.95 bits per heavy atom. The lowest BCUT2D eigenvalue weighted by Crippen LogP contribution is -2.40. The number of nitrogens with one attached hydrogen (secondary N) is 2. The average Bonchev–Trinajstić information content (AvgIpc) is 2.43. The molecule has 0 aromatic heterocycles. The molecule has 1 aromatic rings. The first kappa shape index (κ1) is 17.8. The van der Waals surface area contributed by atoms with Crippen molar-refractivity contribution in [3.63, 3.8) is 0 Å². The second-order valence-corrected chi connectivity index (χ2v) is 4.86. The van der Waals surface area contributed by atoms with Crippen LogP contribution in [0.25, 0.3) is 0 Å². The van der Waals surface area contributed by atoms with Crippen molar-refractivity contribution < 1.29 is 14.3 Å². The molecule has 21 heavy (non-hydrogen) atoms. The van der Waals surface area contributed by atoms with E-state index in [1.165, 1.54) is 0 Å². The van der Waals surface area contributed by atoms with Crippen molar-refractivity contribution in [2.45, 2.75) is 26.4 Å². The van der Waals surface area contributed by atoms with Crippen LogP contribution in [-0.4, -0.2) is 38.3 Å². The average molecular weight is 315 g/mol. The lowest BCUT2D eigenvalue weighted by molar-refractivity contribution is -0.119. The van der Waals surface area contributed by atoms with E-state index < -0.39 is 0 Å². The van der Waals surface area contributed by atoms with Gasteiger partial charge in [0.25, 0.3) is 0 Å². The second-order valence-electron chi connectivity index (χ2n) is 4.86. The van der Waals surface area contributed by atoms with Gasteiger partial charge in [0.2, 0.25) is 5.91 Å². The van der Waals surface area contributed by atoms with E-state index in [1.807, 2.05) is 32.0 Å². The maximum absolute atomic E-state index is 12.0. The number of rotatable bonds is 5. The van der Waals surface area contributed by atoms with Gasteiger partial charge >= 0.3 is 0 Å². The number of morpholine rings is 1. The quantitative estimate of drug-likeness (QED) is 0.874. The zero-order valence-corrected chi connectivity index (χ0v) is 13.3. The molecule has 1 aromatic carbocycles. The Hall–Kier alpha value is -1.30. The van der Waals surface area contributed by atoms with Crippen LogP contribution in [0.2, 0.25) is 0 Å². The zero-order chi connectivity index (χ0) is 14.4. The normalized spacial score (nSPS) is 17.7. The predicted octanol–water partition coefficient (Wildman–Crippen LogP) is 2.13. The van der Waals surface area contributed by atoms with Gasteiger partial charge in [0.15, 0.2) is 0 Å². The fourth-order valence-corrected chi connectivity index (χ4v) is 2.19. The Morgan fingerprint density at radius 2 is 2.33 bits per heavy atom. The van der Waals surface area contributed by atoms with Crippen molar-refractivity contribution in [1.29, 1.82) is 0 Å². The smallest absolute Gasteiger partial charge is 0.227 e. The van der Waals surface area contributed by atoms with Crippen LogP contribution in [0.4, 0.5) is 5.69 Å². The molecule has 1 fully saturated rings. The molecular weight excluding hydrogens is 292 g/mol. The molecule has 1 aliphatic rings. The van der Waals surface area contributed by atoms with E-state index in [-0.39, 0.29) is 24.4 Å². The Balaban J connectivity index is 0.00000220. The molecule has 2 rings (SSSR count). The van der Waals surface area contributed by atoms with Crippen molar-refractivity contribution in [2.24, 2.45) is 0 Å². The molecule has 5 nitrogen and oxygen atoms in total. The summed E-state index contributed by atoms with van der Waals surface area (Å²) in [5.41, 5.74) is 1.81. The van der Waals surface area contributed by atoms with Crippen LogP contribution in [0, 0.1) is 6.92 Å². The first-order valence-electron chi connectivity index (χ1n) is 7.04. The summed E-state index contributed by atoms with van der Waals surface area (Å²) in [4.78, 5) is 12.0. The number of halogens is 1. The van der Waals surface area contributed by atoms with Crippen molar-refractivity contribution in [3.8, 4) is 5.75 Å². The highest BCUT2D eigenvalue weighted by Crippen LogP contribution is 2.21. The third-order valence-corrected chi connectivity index (χ3v) is 3.20. The maximum Gasteiger partial charge on any atom is 0.227 e. The number of carbonyl (C=O) groups excluding carboxylic acids is 1. The number of aryl methyl sites for hydroxylation is 1. The number of hydrogen-bond acceptors (Lipinski definition) is 4. The second kappa shape index (κ2) is 8.87. The van der Waals surface area contributed by atoms with Crippen molar-refractivity contribution in [3.05, 3.63) is 23.8 Å². The molecule has 0 bridgehead atoms. The van der Waals surface area contributed by atoms with Gasteiger partial charge in [-0.1, -0.05) is 0 Å². The van der Waals surface area contributed by atoms with Gasteiger partial charge in [-0.25, -0.2) is 0 Å². The Kier molecular flexibility index (Phi) is 7.50. The van der Waals surface area contributed by atoms with E-state index >= 15 is 0 Å². The van der Waals surface area contributed by atoms with Gasteiger partial charge in [0.05, 0.1) is 25.7 Å². The summed E-state index contributed by atoms with van der Waals surface area (Å²) < 4.78 is 11.0. The predicted molar refractivity (Wildman–Crippen MR) is 85.5 cm³/mol. The molecule has 2 N–H and O–H groups in total. The van der Waals surface area contributed by atoms with E-state index in [4.69, 9.17) is 9.47 Å². The maximum atomic E-state index is 12.0. The van der Waals surface area contributed by atoms with Gasteiger partial charge in [0, 0.05) is 18.8 Å². The van der Waals surface area contributed by atoms with Crippen LogP contribution in [0.1, 0.15) is 18.9 Å². The summed E-state index contributed by atoms with van der Waals surface area (Å²) >= 11 is 0. The minimum Gasteiger partial charge on any atom is -0.494 e. The molecule has 6 heteroatoms. The first-order chi connectivity index (χ1) is 9.69. The van der Waals surface area contributed by atoms with E-state index in [9.17, 15) is 4.79 Å². The lowest BCUT2D eigenvalue weighted by Gasteiger charge is -2.23. The molecule has 118 valence electrons. The highest BCUT2D eigenvalue weighted by Gasteiger charge is 2.17. The topological polar surface area (TPSA) is 59.6 Å². The molecule has 1 unspecified atom stereocenters. The van der Waals surface area contributed by atoms with Gasteiger partial charge < -0.3 is 20.1 Å². The van der Waals surface area contributed by atoms with Crippen LogP contribution in [0.3, 0.4) is 0 Å². The van der Waals surface area contributed by atoms with Gasteiger partial charge in [0.1, 0.15) is 5.75 Å². The summed E-state index contributed by atoms with van der Waals surface area (Å²) in [7, 11) is 0. The fraction of sp³-hybridized carbons (Fsp3) is 0.533. The number of anilines is 1. The molecule has 0 spiro atoms. The molecule has 1 heterocycles. The first-order valence-corrected chi connectivity index (χ1v) is 7.04. The van der Waals surface area contributed by atoms with Gasteiger partial charge in [-0.05, 0) is 37.6 Å². The Bertz CT molecular complexity index is 462. The van der Waals surface area contributed by atoms with Crippen molar-refractivity contribution >= 4 is 24.0 Å². The van der Waals surface area contributed by atoms with E-state index in [1.54, 1.807) is 0 Å². The summed E-state index contributed by atoms with van der Waals surface area (Å²) in [6, 6.07) is 5.67. The van der Waals surface area contributed by atoms with E-state index in [2.05, 4.69) is 10.6 Å². The molecule has 1 atom stereocenters. The number of ether oxygens (including phenoxy) is 2. The van der Waals surface area contributed by atoms with Crippen LogP contribution < -0.4 is 15.4 Å². The SMILES string of the molecule is CCOc1ccc(NC(=O)CC2CNCCO2)c(C)c1.Cl. The van der Waals surface area contributed by atoms with Crippen LogP contribution in [0.15, 0.2) is 18.2 Å². The Labute approximate surface area is 131 Å². The summed E-state index contributed by atoms with van der Waals surface area (Å²) in [5, 5.41) is 6.14. The molecule has 0 saturated carbocycles. The van der Waals surface area contributed by atoms with E-state index in [0.717, 1.165) is 30.1 Å². The summed E-state index contributed by atoms with van der Waals surface area (Å²) in [5.74, 6) is 0.800. The van der Waals surface area contributed by atoms with Crippen LogP contribution in [0.5, 0.6) is 5.75 Å². The summed E-state index contributed by atoms with van der Waals surface area (Å²) in [6.07, 6.45) is 0.339. The number of carbonyl (C=O) groups is 1. The van der Waals surface area contributed by atoms with Crippen LogP contribution >= 0.6 is 12.4 Å². The molecule has 1 saturated heterocycles. The van der Waals surface area contributed by atoms with Crippen LogP contribution in [-0.2, 0) is 9.53 Å². The Morgan fingerprint density at radius 1 is 1.52 bits per heavy atom. The standard InChI is InChI=1S/C15H22N2O3.ClH/c1-3-19-12-4-5-14(11(2)8-12)17-15(18)9-13-10-16-6-7-20-13;/h4-5,8,13,16H,3,6-7,9-10H2,1-2H3,(H,17,18);1H. The molecule has 0 radical (unpaired) electrons. The molecule has 0 aliphatic carbocycles. The van der Waals surface area contributed by atoms with E-state index in [0.29, 0.717) is 19.6 Å². The monoisotopic (exact) mass is 314 g/mol. The highest BCUT2D eigenvalue weighted by atomic mass is 35.5. The summed E-state index contributed by atoms with van der Waals surface area (Å²) in [6.45, 7) is 6.79. The molecular formula is C15H23ClN2O3. The number of benzene rings is 1. The minimum atomic E-state index is -0.0354. The fourth-order valence-electron chi connectivity index (χ4n) is 2.19. The highest BCUT2D eigenvalue weighted by molar-refractivity contribution is 5.91. The van der Waals surface area contributed by atoms with Crippen molar-refractivity contribution in [1.82, 2.24) is 5.32 Å². The third-order valence-electron chi connectivity index (χ3n) is 3.20. The van der Waals surface area contributed by atoms with Crippen molar-refractivity contribution in [2.75, 3.05) is 31.6 Å². The molecule has 1 amide bonds. The number of hydrogen-bond donors (Lipinski definition) is 2. The largest absolute Gasteiger partial charge is 0.494 e. The third kappa shape index (κ3) is 5.53. The van der Waals surface area contributed by atoms with Gasteiger partial charge in [-0.2, -0.15) is 0 Å². The lowest BCUT2D eigenvalue weighted by atomic mass is 10.1. The zero-order valence-electron chi connectivity index (χ0n) is 12.5.